The van der Waals surface area contributed by atoms with Crippen LogP contribution in [0.15, 0.2) is 23.2 Å². The van der Waals surface area contributed by atoms with Crippen LogP contribution in [0, 0.1) is 11.7 Å². The summed E-state index contributed by atoms with van der Waals surface area (Å²) in [5.41, 5.74) is 0.693. The van der Waals surface area contributed by atoms with Crippen LogP contribution in [0.5, 0.6) is 5.75 Å². The third-order valence-electron chi connectivity index (χ3n) is 3.57. The maximum Gasteiger partial charge on any atom is 0.191 e. The summed E-state index contributed by atoms with van der Waals surface area (Å²) in [6.07, 6.45) is 2.90. The summed E-state index contributed by atoms with van der Waals surface area (Å²) in [5.74, 6) is 0.0794. The highest BCUT2D eigenvalue weighted by Crippen LogP contribution is 2.16. The van der Waals surface area contributed by atoms with Crippen molar-refractivity contribution in [2.24, 2.45) is 10.9 Å². The van der Waals surface area contributed by atoms with Crippen molar-refractivity contribution < 1.29 is 14.6 Å². The molecule has 5 nitrogen and oxygen atoms in total. The summed E-state index contributed by atoms with van der Waals surface area (Å²) in [5, 5.41) is 24.7. The van der Waals surface area contributed by atoms with Crippen molar-refractivity contribution in [2.45, 2.75) is 39.7 Å². The molecule has 0 spiro atoms. The second-order valence-corrected chi connectivity index (χ2v) is 5.53. The molecule has 130 valence electrons. The maximum absolute atomic E-state index is 13.3. The van der Waals surface area contributed by atoms with Crippen LogP contribution in [0.2, 0.25) is 0 Å². The topological polar surface area (TPSA) is 76.9 Å². The lowest BCUT2D eigenvalue weighted by Crippen LogP contribution is -2.40. The molecule has 1 unspecified atom stereocenters. The number of rotatable bonds is 9. The molecule has 0 aliphatic rings. The fraction of sp³-hybridized carbons (Fsp3) is 0.588. The molecule has 4 N–H and O–H groups in total. The number of aromatic hydroxyl groups is 1. The van der Waals surface area contributed by atoms with Gasteiger partial charge in [0.05, 0.1) is 6.54 Å². The lowest BCUT2D eigenvalue weighted by atomic mass is 10.0. The number of nitrogens with zero attached hydrogens (tertiary/aromatic N) is 1. The minimum atomic E-state index is -0.637. The molecule has 1 rings (SSSR count). The number of hydrogen-bond acceptors (Lipinski definition) is 3. The summed E-state index contributed by atoms with van der Waals surface area (Å²) in [6.45, 7) is 6.09. The molecular formula is C17H28FN3O2. The Labute approximate surface area is 137 Å². The number of aliphatic hydroxyl groups is 1. The van der Waals surface area contributed by atoms with Gasteiger partial charge in [-0.25, -0.2) is 9.38 Å². The van der Waals surface area contributed by atoms with Crippen molar-refractivity contribution >= 4 is 5.96 Å². The second kappa shape index (κ2) is 10.8. The van der Waals surface area contributed by atoms with Crippen LogP contribution in [0.25, 0.3) is 0 Å². The number of hydrogen-bond donors (Lipinski definition) is 4. The highest BCUT2D eigenvalue weighted by molar-refractivity contribution is 5.79. The van der Waals surface area contributed by atoms with Crippen molar-refractivity contribution in [3.8, 4) is 5.75 Å². The Bertz CT molecular complexity index is 489. The van der Waals surface area contributed by atoms with Crippen LogP contribution in [0.3, 0.4) is 0 Å². The van der Waals surface area contributed by atoms with Crippen molar-refractivity contribution in [1.29, 1.82) is 0 Å². The highest BCUT2D eigenvalue weighted by Gasteiger charge is 2.08. The number of aliphatic hydroxyl groups excluding tert-OH is 1. The number of benzene rings is 1. The van der Waals surface area contributed by atoms with E-state index in [1.165, 1.54) is 12.1 Å². The Hall–Kier alpha value is -1.82. The number of phenolic OH excluding ortho intramolecular Hbond substituents is 1. The molecule has 1 aromatic rings. The van der Waals surface area contributed by atoms with Gasteiger partial charge < -0.3 is 20.8 Å². The summed E-state index contributed by atoms with van der Waals surface area (Å²) >= 11 is 0. The smallest absolute Gasteiger partial charge is 0.191 e. The van der Waals surface area contributed by atoms with E-state index in [4.69, 9.17) is 5.11 Å². The van der Waals surface area contributed by atoms with E-state index in [0.717, 1.165) is 32.4 Å². The molecule has 0 saturated heterocycles. The molecule has 0 aliphatic carbocycles. The Balaban J connectivity index is 2.62. The standard InChI is InChI=1S/C17H28FN3O2/c1-3-5-13(8-9-22)11-20-17(19-4-2)21-12-14-6-7-16(23)15(18)10-14/h6-7,10,13,22-23H,3-5,8-9,11-12H2,1-2H3,(H2,19,20,21). The molecule has 6 heteroatoms. The van der Waals surface area contributed by atoms with E-state index < -0.39 is 5.82 Å². The van der Waals surface area contributed by atoms with E-state index in [1.807, 2.05) is 6.92 Å². The normalized spacial score (nSPS) is 13.0. The molecule has 0 saturated carbocycles. The lowest BCUT2D eigenvalue weighted by molar-refractivity contribution is 0.251. The largest absolute Gasteiger partial charge is 0.505 e. The zero-order valence-corrected chi connectivity index (χ0v) is 14.0. The monoisotopic (exact) mass is 325 g/mol. The van der Waals surface area contributed by atoms with Crippen LogP contribution < -0.4 is 10.6 Å². The fourth-order valence-corrected chi connectivity index (χ4v) is 2.34. The molecule has 0 bridgehead atoms. The number of nitrogens with one attached hydrogen (secondary N) is 2. The van der Waals surface area contributed by atoms with E-state index in [9.17, 15) is 9.50 Å². The minimum absolute atomic E-state index is 0.187. The molecule has 0 fully saturated rings. The van der Waals surface area contributed by atoms with Gasteiger partial charge in [0.25, 0.3) is 0 Å². The first-order valence-electron chi connectivity index (χ1n) is 8.21. The third-order valence-corrected chi connectivity index (χ3v) is 3.57. The van der Waals surface area contributed by atoms with E-state index in [-0.39, 0.29) is 12.4 Å². The Morgan fingerprint density at radius 1 is 1.26 bits per heavy atom. The van der Waals surface area contributed by atoms with E-state index >= 15 is 0 Å². The van der Waals surface area contributed by atoms with E-state index in [0.29, 0.717) is 24.0 Å². The van der Waals surface area contributed by atoms with Gasteiger partial charge in [-0.15, -0.1) is 0 Å². The van der Waals surface area contributed by atoms with Crippen LogP contribution in [0.4, 0.5) is 4.39 Å². The summed E-state index contributed by atoms with van der Waals surface area (Å²) in [6, 6.07) is 4.27. The zero-order chi connectivity index (χ0) is 17.1. The minimum Gasteiger partial charge on any atom is -0.505 e. The van der Waals surface area contributed by atoms with Gasteiger partial charge in [-0.1, -0.05) is 19.4 Å². The first-order valence-corrected chi connectivity index (χ1v) is 8.21. The Kier molecular flexibility index (Phi) is 9.05. The van der Waals surface area contributed by atoms with Crippen LogP contribution >= 0.6 is 0 Å². The Morgan fingerprint density at radius 3 is 2.65 bits per heavy atom. The van der Waals surface area contributed by atoms with Crippen LogP contribution in [0.1, 0.15) is 38.7 Å². The van der Waals surface area contributed by atoms with Crippen LogP contribution in [-0.2, 0) is 6.54 Å². The molecule has 1 aromatic carbocycles. The van der Waals surface area contributed by atoms with Gasteiger partial charge in [0, 0.05) is 19.7 Å². The summed E-state index contributed by atoms with van der Waals surface area (Å²) in [7, 11) is 0. The zero-order valence-electron chi connectivity index (χ0n) is 14.0. The first kappa shape index (κ1) is 19.2. The highest BCUT2D eigenvalue weighted by atomic mass is 19.1. The third kappa shape index (κ3) is 7.32. The van der Waals surface area contributed by atoms with Crippen molar-refractivity contribution in [1.82, 2.24) is 10.6 Å². The van der Waals surface area contributed by atoms with Gasteiger partial charge in [-0.3, -0.25) is 0 Å². The van der Waals surface area contributed by atoms with Gasteiger partial charge in [-0.2, -0.15) is 0 Å². The molecule has 0 amide bonds. The average Bonchev–Trinajstić information content (AvgIpc) is 2.53. The summed E-state index contributed by atoms with van der Waals surface area (Å²) in [4.78, 5) is 4.43. The van der Waals surface area contributed by atoms with E-state index in [2.05, 4.69) is 22.5 Å². The average molecular weight is 325 g/mol. The van der Waals surface area contributed by atoms with Gasteiger partial charge in [-0.05, 0) is 43.4 Å². The van der Waals surface area contributed by atoms with E-state index in [1.54, 1.807) is 6.07 Å². The quantitative estimate of drug-likeness (QED) is 0.415. The predicted octanol–water partition coefficient (Wildman–Crippen LogP) is 2.39. The molecule has 23 heavy (non-hydrogen) atoms. The van der Waals surface area contributed by atoms with Gasteiger partial charge in [0.15, 0.2) is 17.5 Å². The first-order chi connectivity index (χ1) is 11.1. The SMILES string of the molecule is CCCC(CCO)CNC(=NCc1ccc(O)c(F)c1)NCC. The van der Waals surface area contributed by atoms with Crippen LogP contribution in [-0.4, -0.2) is 35.9 Å². The lowest BCUT2D eigenvalue weighted by Gasteiger charge is -2.18. The van der Waals surface area contributed by atoms with Gasteiger partial charge >= 0.3 is 0 Å². The molecule has 0 heterocycles. The summed E-state index contributed by atoms with van der Waals surface area (Å²) < 4.78 is 13.3. The number of halogens is 1. The van der Waals surface area contributed by atoms with Gasteiger partial charge in [0.2, 0.25) is 0 Å². The molecule has 0 aromatic heterocycles. The molecule has 0 radical (unpaired) electrons. The van der Waals surface area contributed by atoms with Gasteiger partial charge in [0.1, 0.15) is 0 Å². The molecule has 1 atom stereocenters. The number of aliphatic imine (C=N–C) groups is 1. The number of guanidine groups is 1. The molecular weight excluding hydrogens is 297 g/mol. The fourth-order valence-electron chi connectivity index (χ4n) is 2.34. The maximum atomic E-state index is 13.3. The van der Waals surface area contributed by atoms with Crippen molar-refractivity contribution in [2.75, 3.05) is 19.7 Å². The number of phenols is 1. The molecule has 0 aliphatic heterocycles. The van der Waals surface area contributed by atoms with Crippen molar-refractivity contribution in [3.63, 3.8) is 0 Å². The second-order valence-electron chi connectivity index (χ2n) is 5.53. The van der Waals surface area contributed by atoms with Crippen molar-refractivity contribution in [3.05, 3.63) is 29.6 Å². The predicted molar refractivity (Wildman–Crippen MR) is 91.0 cm³/mol. The Morgan fingerprint density at radius 2 is 2.04 bits per heavy atom.